The maximum Gasteiger partial charge on any atom is 0.277 e. The molecule has 0 fully saturated rings. The van der Waals surface area contributed by atoms with Crippen molar-refractivity contribution in [2.45, 2.75) is 39.0 Å². The van der Waals surface area contributed by atoms with Gasteiger partial charge in [0.1, 0.15) is 5.56 Å². The van der Waals surface area contributed by atoms with Crippen LogP contribution in [0.4, 0.5) is 0 Å². The standard InChI is InChI=1S/C19H25N3O3/c1-3-15-16(4-2)21-22-19(25)17(15)18(24)20-12-14(10-11-23)13-8-6-5-7-9-13/h5-9,14,23H,3-4,10-12H2,1-2H3,(H,20,24)(H,22,25). The molecule has 3 N–H and O–H groups in total. The molecule has 1 atom stereocenters. The number of nitrogens with one attached hydrogen (secondary N) is 2. The van der Waals surface area contributed by atoms with Gasteiger partial charge in [0.2, 0.25) is 0 Å². The van der Waals surface area contributed by atoms with Crippen LogP contribution in [0.5, 0.6) is 0 Å². The van der Waals surface area contributed by atoms with Crippen molar-refractivity contribution in [3.05, 3.63) is 63.1 Å². The van der Waals surface area contributed by atoms with Gasteiger partial charge in [-0.2, -0.15) is 5.10 Å². The van der Waals surface area contributed by atoms with Crippen LogP contribution in [0.2, 0.25) is 0 Å². The van der Waals surface area contributed by atoms with Gasteiger partial charge >= 0.3 is 0 Å². The first-order chi connectivity index (χ1) is 12.1. The van der Waals surface area contributed by atoms with Gasteiger partial charge in [-0.05, 0) is 30.4 Å². The van der Waals surface area contributed by atoms with Gasteiger partial charge in [0.25, 0.3) is 11.5 Å². The second kappa shape index (κ2) is 9.13. The normalized spacial score (nSPS) is 12.0. The summed E-state index contributed by atoms with van der Waals surface area (Å²) in [7, 11) is 0. The molecule has 2 rings (SSSR count). The van der Waals surface area contributed by atoms with Crippen LogP contribution in [0.25, 0.3) is 0 Å². The van der Waals surface area contributed by atoms with E-state index in [0.29, 0.717) is 31.4 Å². The molecular formula is C19H25N3O3. The molecule has 0 aliphatic rings. The average Bonchev–Trinajstić information content (AvgIpc) is 2.65. The number of aromatic nitrogens is 2. The van der Waals surface area contributed by atoms with Crippen molar-refractivity contribution >= 4 is 5.91 Å². The number of aliphatic hydroxyl groups excluding tert-OH is 1. The second-order valence-corrected chi connectivity index (χ2v) is 5.89. The van der Waals surface area contributed by atoms with E-state index < -0.39 is 11.5 Å². The Morgan fingerprint density at radius 3 is 2.56 bits per heavy atom. The maximum absolute atomic E-state index is 12.6. The van der Waals surface area contributed by atoms with Crippen molar-refractivity contribution in [3.8, 4) is 0 Å². The number of aryl methyl sites for hydroxylation is 1. The van der Waals surface area contributed by atoms with Crippen LogP contribution in [-0.2, 0) is 12.8 Å². The van der Waals surface area contributed by atoms with E-state index in [1.165, 1.54) is 0 Å². The molecule has 0 saturated carbocycles. The lowest BCUT2D eigenvalue weighted by atomic mass is 9.95. The van der Waals surface area contributed by atoms with Gasteiger partial charge in [-0.3, -0.25) is 9.59 Å². The molecule has 0 bridgehead atoms. The Labute approximate surface area is 147 Å². The summed E-state index contributed by atoms with van der Waals surface area (Å²) in [6, 6.07) is 9.72. The predicted octanol–water partition coefficient (Wildman–Crippen LogP) is 1.79. The fourth-order valence-electron chi connectivity index (χ4n) is 3.01. The Hall–Kier alpha value is -2.47. The minimum absolute atomic E-state index is 0.00760. The van der Waals surface area contributed by atoms with Gasteiger partial charge in [-0.25, -0.2) is 5.10 Å². The average molecular weight is 343 g/mol. The number of rotatable bonds is 8. The third-order valence-electron chi connectivity index (χ3n) is 4.34. The third-order valence-corrected chi connectivity index (χ3v) is 4.34. The van der Waals surface area contributed by atoms with Crippen molar-refractivity contribution in [1.29, 1.82) is 0 Å². The molecule has 2 aromatic rings. The van der Waals surface area contributed by atoms with Crippen LogP contribution in [0.1, 0.15) is 53.4 Å². The quantitative estimate of drug-likeness (QED) is 0.681. The summed E-state index contributed by atoms with van der Waals surface area (Å²) in [5, 5.41) is 18.6. The third kappa shape index (κ3) is 4.54. The molecular weight excluding hydrogens is 318 g/mol. The van der Waals surface area contributed by atoms with Gasteiger partial charge in [0.05, 0.1) is 5.69 Å². The fourth-order valence-corrected chi connectivity index (χ4v) is 3.01. The van der Waals surface area contributed by atoms with Crippen LogP contribution < -0.4 is 10.9 Å². The number of nitrogens with zero attached hydrogens (tertiary/aromatic N) is 1. The number of H-pyrrole nitrogens is 1. The summed E-state index contributed by atoms with van der Waals surface area (Å²) in [5.41, 5.74) is 2.16. The van der Waals surface area contributed by atoms with E-state index in [9.17, 15) is 14.7 Å². The first-order valence-corrected chi connectivity index (χ1v) is 8.66. The zero-order valence-corrected chi connectivity index (χ0v) is 14.7. The summed E-state index contributed by atoms with van der Waals surface area (Å²) in [6.07, 6.45) is 1.76. The number of hydrogen-bond donors (Lipinski definition) is 3. The molecule has 0 aliphatic carbocycles. The minimum Gasteiger partial charge on any atom is -0.396 e. The van der Waals surface area contributed by atoms with Crippen LogP contribution in [0.15, 0.2) is 35.1 Å². The minimum atomic E-state index is -0.468. The highest BCUT2D eigenvalue weighted by Crippen LogP contribution is 2.18. The van der Waals surface area contributed by atoms with E-state index in [-0.39, 0.29) is 18.1 Å². The van der Waals surface area contributed by atoms with E-state index in [2.05, 4.69) is 15.5 Å². The number of carbonyl (C=O) groups excluding carboxylic acids is 1. The van der Waals surface area contributed by atoms with Gasteiger partial charge < -0.3 is 10.4 Å². The van der Waals surface area contributed by atoms with Gasteiger partial charge in [0.15, 0.2) is 0 Å². The lowest BCUT2D eigenvalue weighted by Crippen LogP contribution is -2.35. The molecule has 6 nitrogen and oxygen atoms in total. The van der Waals surface area contributed by atoms with Crippen molar-refractivity contribution in [2.75, 3.05) is 13.2 Å². The highest BCUT2D eigenvalue weighted by atomic mass is 16.3. The number of hydrogen-bond acceptors (Lipinski definition) is 4. The number of amides is 1. The summed E-state index contributed by atoms with van der Waals surface area (Å²) in [5.74, 6) is -0.402. The highest BCUT2D eigenvalue weighted by Gasteiger charge is 2.20. The molecule has 1 aromatic heterocycles. The fraction of sp³-hybridized carbons (Fsp3) is 0.421. The monoisotopic (exact) mass is 343 g/mol. The Morgan fingerprint density at radius 1 is 1.24 bits per heavy atom. The molecule has 0 aliphatic heterocycles. The first kappa shape index (κ1) is 18.9. The molecule has 1 aromatic carbocycles. The predicted molar refractivity (Wildman–Crippen MR) is 96.8 cm³/mol. The maximum atomic E-state index is 12.6. The molecule has 1 amide bonds. The van der Waals surface area contributed by atoms with E-state index >= 15 is 0 Å². The topological polar surface area (TPSA) is 95.1 Å². The molecule has 25 heavy (non-hydrogen) atoms. The van der Waals surface area contributed by atoms with Gasteiger partial charge in [-0.15, -0.1) is 0 Å². The summed E-state index contributed by atoms with van der Waals surface area (Å²) < 4.78 is 0. The largest absolute Gasteiger partial charge is 0.396 e. The summed E-state index contributed by atoms with van der Waals surface area (Å²) in [6.45, 7) is 4.24. The summed E-state index contributed by atoms with van der Waals surface area (Å²) >= 11 is 0. The van der Waals surface area contributed by atoms with E-state index in [4.69, 9.17) is 0 Å². The smallest absolute Gasteiger partial charge is 0.277 e. The van der Waals surface area contributed by atoms with Crippen LogP contribution in [-0.4, -0.2) is 34.4 Å². The Bertz CT molecular complexity index is 756. The Kier molecular flexibility index (Phi) is 6.89. The molecule has 0 spiro atoms. The van der Waals surface area contributed by atoms with Crippen molar-refractivity contribution in [1.82, 2.24) is 15.5 Å². The van der Waals surface area contributed by atoms with Crippen molar-refractivity contribution in [3.63, 3.8) is 0 Å². The second-order valence-electron chi connectivity index (χ2n) is 5.89. The SMILES string of the molecule is CCc1n[nH]c(=O)c(C(=O)NCC(CCO)c2ccccc2)c1CC. The number of benzene rings is 1. The molecule has 134 valence electrons. The molecule has 1 heterocycles. The van der Waals surface area contributed by atoms with Gasteiger partial charge in [-0.1, -0.05) is 44.2 Å². The van der Waals surface area contributed by atoms with Gasteiger partial charge in [0, 0.05) is 19.1 Å². The van der Waals surface area contributed by atoms with Crippen LogP contribution in [0.3, 0.4) is 0 Å². The highest BCUT2D eigenvalue weighted by molar-refractivity contribution is 5.95. The molecule has 0 saturated heterocycles. The lowest BCUT2D eigenvalue weighted by molar-refractivity contribution is 0.0946. The lowest BCUT2D eigenvalue weighted by Gasteiger charge is -2.18. The molecule has 0 radical (unpaired) electrons. The van der Waals surface area contributed by atoms with E-state index in [1.54, 1.807) is 0 Å². The zero-order valence-electron chi connectivity index (χ0n) is 14.7. The van der Waals surface area contributed by atoms with E-state index in [0.717, 1.165) is 11.3 Å². The zero-order chi connectivity index (χ0) is 18.2. The number of aliphatic hydroxyl groups is 1. The van der Waals surface area contributed by atoms with E-state index in [1.807, 2.05) is 44.2 Å². The molecule has 6 heteroatoms. The number of aromatic amines is 1. The van der Waals surface area contributed by atoms with Crippen molar-refractivity contribution in [2.24, 2.45) is 0 Å². The summed E-state index contributed by atoms with van der Waals surface area (Å²) in [4.78, 5) is 24.8. The Morgan fingerprint density at radius 2 is 1.96 bits per heavy atom. The van der Waals surface area contributed by atoms with Crippen LogP contribution in [0, 0.1) is 0 Å². The van der Waals surface area contributed by atoms with Crippen molar-refractivity contribution < 1.29 is 9.90 Å². The Balaban J connectivity index is 2.20. The first-order valence-electron chi connectivity index (χ1n) is 8.66. The number of carbonyl (C=O) groups is 1. The van der Waals surface area contributed by atoms with Crippen LogP contribution >= 0.6 is 0 Å². The molecule has 1 unspecified atom stereocenters.